The van der Waals surface area contributed by atoms with Crippen molar-refractivity contribution in [2.45, 2.75) is 6.18 Å². The van der Waals surface area contributed by atoms with Crippen LogP contribution in [-0.2, 0) is 0 Å². The molecule has 3 aromatic rings. The van der Waals surface area contributed by atoms with Crippen molar-refractivity contribution < 1.29 is 17.9 Å². The predicted molar refractivity (Wildman–Crippen MR) is 99.8 cm³/mol. The highest BCUT2D eigenvalue weighted by atomic mass is 19.4. The first kappa shape index (κ1) is 19.0. The van der Waals surface area contributed by atoms with E-state index in [0.717, 1.165) is 32.0 Å². The van der Waals surface area contributed by atoms with Gasteiger partial charge in [-0.3, -0.25) is 0 Å². The Morgan fingerprint density at radius 1 is 1.21 bits per heavy atom. The van der Waals surface area contributed by atoms with Gasteiger partial charge in [0.1, 0.15) is 17.6 Å². The summed E-state index contributed by atoms with van der Waals surface area (Å²) >= 11 is 0. The summed E-state index contributed by atoms with van der Waals surface area (Å²) in [4.78, 5) is 6.66. The van der Waals surface area contributed by atoms with Crippen LogP contribution >= 0.6 is 0 Å². The number of pyridine rings is 2. The lowest BCUT2D eigenvalue weighted by Gasteiger charge is -2.28. The molecular formula is C19H17F3N6O. The second-order valence-corrected chi connectivity index (χ2v) is 6.60. The fraction of sp³-hybridized carbons (Fsp3) is 0.316. The Kier molecular flexibility index (Phi) is 4.98. The number of nitrogens with zero attached hydrogens (tertiary/aromatic N) is 5. The van der Waals surface area contributed by atoms with Gasteiger partial charge in [-0.15, -0.1) is 0 Å². The topological polar surface area (TPSA) is 78.5 Å². The zero-order valence-corrected chi connectivity index (χ0v) is 15.3. The van der Waals surface area contributed by atoms with Crippen LogP contribution in [0, 0.1) is 11.3 Å². The molecule has 0 atom stereocenters. The fourth-order valence-corrected chi connectivity index (χ4v) is 3.27. The number of fused-ring (bicyclic) bond motifs is 1. The standard InChI is InChI=1S/C19H17F3N6O/c20-19(21,22)12-29-15-7-16(18-14(8-23)10-26-28(18)11-15)13-1-2-17(25-9-13)27-5-3-24-4-6-27/h1-2,7,9-11,24H,3-6,12H2. The van der Waals surface area contributed by atoms with Crippen LogP contribution in [0.15, 0.2) is 36.8 Å². The van der Waals surface area contributed by atoms with Crippen LogP contribution < -0.4 is 15.0 Å². The van der Waals surface area contributed by atoms with Gasteiger partial charge in [0.25, 0.3) is 0 Å². The van der Waals surface area contributed by atoms with Crippen LogP contribution in [0.1, 0.15) is 5.56 Å². The molecule has 0 unspecified atom stereocenters. The summed E-state index contributed by atoms with van der Waals surface area (Å²) < 4.78 is 43.9. The molecular weight excluding hydrogens is 385 g/mol. The first-order valence-corrected chi connectivity index (χ1v) is 8.98. The lowest BCUT2D eigenvalue weighted by atomic mass is 10.1. The van der Waals surface area contributed by atoms with E-state index in [1.807, 2.05) is 12.1 Å². The largest absolute Gasteiger partial charge is 0.482 e. The molecule has 1 N–H and O–H groups in total. The summed E-state index contributed by atoms with van der Waals surface area (Å²) in [7, 11) is 0. The Morgan fingerprint density at radius 2 is 2.00 bits per heavy atom. The molecule has 0 radical (unpaired) electrons. The van der Waals surface area contributed by atoms with E-state index in [0.29, 0.717) is 22.2 Å². The smallest absolute Gasteiger partial charge is 0.422 e. The van der Waals surface area contributed by atoms with Crippen molar-refractivity contribution in [3.63, 3.8) is 0 Å². The van der Waals surface area contributed by atoms with Crippen molar-refractivity contribution in [1.82, 2.24) is 19.9 Å². The van der Waals surface area contributed by atoms with E-state index in [4.69, 9.17) is 4.74 Å². The third-order valence-electron chi connectivity index (χ3n) is 4.61. The normalized spacial score (nSPS) is 14.8. The number of ether oxygens (including phenoxy) is 1. The SMILES string of the molecule is N#Cc1cnn2cc(OCC(F)(F)F)cc(-c3ccc(N4CCNCC4)nc3)c12. The van der Waals surface area contributed by atoms with Gasteiger partial charge < -0.3 is 15.0 Å². The fourth-order valence-electron chi connectivity index (χ4n) is 3.27. The minimum Gasteiger partial charge on any atom is -0.482 e. The van der Waals surface area contributed by atoms with E-state index >= 15 is 0 Å². The highest BCUT2D eigenvalue weighted by Gasteiger charge is 2.28. The van der Waals surface area contributed by atoms with Crippen LogP contribution in [0.5, 0.6) is 5.75 Å². The maximum atomic E-state index is 12.5. The number of nitrogens with one attached hydrogen (secondary N) is 1. The molecule has 7 nitrogen and oxygen atoms in total. The molecule has 0 saturated carbocycles. The van der Waals surface area contributed by atoms with Gasteiger partial charge >= 0.3 is 6.18 Å². The van der Waals surface area contributed by atoms with Gasteiger partial charge in [0.05, 0.1) is 23.5 Å². The Morgan fingerprint density at radius 3 is 2.66 bits per heavy atom. The van der Waals surface area contributed by atoms with Crippen molar-refractivity contribution in [2.24, 2.45) is 0 Å². The van der Waals surface area contributed by atoms with E-state index in [1.165, 1.54) is 23.0 Å². The zero-order valence-electron chi connectivity index (χ0n) is 15.3. The first-order valence-electron chi connectivity index (χ1n) is 8.98. The molecule has 0 spiro atoms. The van der Waals surface area contributed by atoms with Gasteiger partial charge in [0.2, 0.25) is 0 Å². The van der Waals surface area contributed by atoms with Crippen molar-refractivity contribution in [1.29, 1.82) is 5.26 Å². The molecule has 150 valence electrons. The van der Waals surface area contributed by atoms with Gasteiger partial charge in [-0.05, 0) is 18.2 Å². The molecule has 10 heteroatoms. The lowest BCUT2D eigenvalue weighted by molar-refractivity contribution is -0.153. The maximum Gasteiger partial charge on any atom is 0.422 e. The van der Waals surface area contributed by atoms with Crippen LogP contribution in [0.2, 0.25) is 0 Å². The molecule has 4 rings (SSSR count). The highest BCUT2D eigenvalue weighted by molar-refractivity contribution is 5.85. The van der Waals surface area contributed by atoms with Crippen LogP contribution in [0.4, 0.5) is 19.0 Å². The average Bonchev–Trinajstić information content (AvgIpc) is 3.15. The molecule has 0 bridgehead atoms. The van der Waals surface area contributed by atoms with Crippen molar-refractivity contribution in [2.75, 3.05) is 37.7 Å². The summed E-state index contributed by atoms with van der Waals surface area (Å²) in [5.41, 5.74) is 1.98. The molecule has 1 saturated heterocycles. The van der Waals surface area contributed by atoms with Gasteiger partial charge in [0, 0.05) is 43.5 Å². The minimum atomic E-state index is -4.45. The van der Waals surface area contributed by atoms with Gasteiger partial charge in [-0.25, -0.2) is 9.50 Å². The Balaban J connectivity index is 1.72. The lowest BCUT2D eigenvalue weighted by Crippen LogP contribution is -2.43. The molecule has 4 heterocycles. The van der Waals surface area contributed by atoms with E-state index in [2.05, 4.69) is 26.4 Å². The third-order valence-corrected chi connectivity index (χ3v) is 4.61. The van der Waals surface area contributed by atoms with Gasteiger partial charge in [0.15, 0.2) is 6.61 Å². The number of nitriles is 1. The molecule has 3 aromatic heterocycles. The highest BCUT2D eigenvalue weighted by Crippen LogP contribution is 2.32. The van der Waals surface area contributed by atoms with Gasteiger partial charge in [-0.2, -0.15) is 23.5 Å². The number of aromatic nitrogens is 3. The third kappa shape index (κ3) is 4.09. The van der Waals surface area contributed by atoms with Crippen LogP contribution in [0.25, 0.3) is 16.6 Å². The summed E-state index contributed by atoms with van der Waals surface area (Å²) in [5.74, 6) is 0.827. The summed E-state index contributed by atoms with van der Waals surface area (Å²) in [5, 5.41) is 16.7. The average molecular weight is 402 g/mol. The van der Waals surface area contributed by atoms with E-state index in [1.54, 1.807) is 6.20 Å². The van der Waals surface area contributed by atoms with Crippen molar-refractivity contribution >= 4 is 11.3 Å². The van der Waals surface area contributed by atoms with E-state index in [-0.39, 0.29) is 5.75 Å². The summed E-state index contributed by atoms with van der Waals surface area (Å²) in [6.07, 6.45) is -0.110. The summed E-state index contributed by atoms with van der Waals surface area (Å²) in [6, 6.07) is 7.24. The number of alkyl halides is 3. The number of halogens is 3. The van der Waals surface area contributed by atoms with Crippen LogP contribution in [-0.4, -0.2) is 53.6 Å². The Bertz CT molecular complexity index is 1050. The molecule has 1 fully saturated rings. The number of rotatable bonds is 4. The Labute approximate surface area is 164 Å². The van der Waals surface area contributed by atoms with E-state index < -0.39 is 12.8 Å². The zero-order chi connectivity index (χ0) is 20.4. The first-order chi connectivity index (χ1) is 13.9. The molecule has 1 aliphatic rings. The maximum absolute atomic E-state index is 12.5. The molecule has 0 aromatic carbocycles. The predicted octanol–water partition coefficient (Wildman–Crippen LogP) is 2.62. The van der Waals surface area contributed by atoms with E-state index in [9.17, 15) is 18.4 Å². The second-order valence-electron chi connectivity index (χ2n) is 6.60. The van der Waals surface area contributed by atoms with Crippen LogP contribution in [0.3, 0.4) is 0 Å². The number of hydrogen-bond donors (Lipinski definition) is 1. The second kappa shape index (κ2) is 7.60. The molecule has 0 amide bonds. The van der Waals surface area contributed by atoms with Gasteiger partial charge in [-0.1, -0.05) is 0 Å². The quantitative estimate of drug-likeness (QED) is 0.723. The molecule has 0 aliphatic carbocycles. The van der Waals surface area contributed by atoms with Crippen molar-refractivity contribution in [3.05, 3.63) is 42.4 Å². The molecule has 29 heavy (non-hydrogen) atoms. The summed E-state index contributed by atoms with van der Waals surface area (Å²) in [6.45, 7) is 2.04. The number of anilines is 1. The molecule has 1 aliphatic heterocycles. The Hall–Kier alpha value is -3.32. The van der Waals surface area contributed by atoms with Crippen molar-refractivity contribution in [3.8, 4) is 22.9 Å². The minimum absolute atomic E-state index is 0.00333. The monoisotopic (exact) mass is 402 g/mol. The number of hydrogen-bond acceptors (Lipinski definition) is 6. The number of piperazine rings is 1.